The zero-order valence-electron chi connectivity index (χ0n) is 12.4. The molecule has 4 heteroatoms. The van der Waals surface area contributed by atoms with Crippen LogP contribution in [0.25, 0.3) is 0 Å². The topological polar surface area (TPSA) is 26.7 Å². The Morgan fingerprint density at radius 1 is 1.28 bits per heavy atom. The van der Waals surface area contributed by atoms with Crippen molar-refractivity contribution in [3.63, 3.8) is 0 Å². The van der Waals surface area contributed by atoms with E-state index in [1.54, 1.807) is 11.8 Å². The van der Waals surface area contributed by atoms with Crippen LogP contribution in [0.4, 0.5) is 0 Å². The molecule has 1 N–H and O–H groups in total. The molecule has 1 atom stereocenters. The molecule has 0 aromatic rings. The van der Waals surface area contributed by atoms with E-state index >= 15 is 0 Å². The number of piperidine rings is 1. The molecule has 1 rings (SSSR count). The number of hydrogen-bond acceptors (Lipinski definition) is 4. The van der Waals surface area contributed by atoms with E-state index in [-0.39, 0.29) is 5.44 Å². The minimum absolute atomic E-state index is 0.151. The van der Waals surface area contributed by atoms with Crippen molar-refractivity contribution in [2.24, 2.45) is 5.92 Å². The average Bonchev–Trinajstić information content (AvgIpc) is 2.34. The molecule has 0 amide bonds. The number of nitrogens with zero attached hydrogens (tertiary/aromatic N) is 2. The first-order chi connectivity index (χ1) is 8.50. The number of aliphatic hydroxyl groups is 1. The Bertz CT molecular complexity index is 216. The summed E-state index contributed by atoms with van der Waals surface area (Å²) in [5.74, 6) is 1.58. The molecule has 1 saturated heterocycles. The molecular weight excluding hydrogens is 244 g/mol. The summed E-state index contributed by atoms with van der Waals surface area (Å²) in [6.07, 6.45) is 3.47. The molecule has 0 aliphatic carbocycles. The van der Waals surface area contributed by atoms with Crippen molar-refractivity contribution in [2.45, 2.75) is 44.6 Å². The highest BCUT2D eigenvalue weighted by molar-refractivity contribution is 7.99. The standard InChI is InChI=1S/C14H30N2OS/c1-12(2)16-9-6-13(7-10-16)14(17)18-11-5-8-15(3)4/h12-14,17H,5-11H2,1-4H3. The Hall–Kier alpha value is 0.230. The maximum absolute atomic E-state index is 10.2. The fourth-order valence-corrected chi connectivity index (χ4v) is 3.52. The van der Waals surface area contributed by atoms with E-state index in [0.717, 1.165) is 38.2 Å². The zero-order valence-corrected chi connectivity index (χ0v) is 13.2. The first kappa shape index (κ1) is 16.3. The van der Waals surface area contributed by atoms with Gasteiger partial charge in [-0.2, -0.15) is 0 Å². The normalized spacial score (nSPS) is 20.8. The van der Waals surface area contributed by atoms with Gasteiger partial charge in [0.1, 0.15) is 5.44 Å². The van der Waals surface area contributed by atoms with Gasteiger partial charge in [0, 0.05) is 6.04 Å². The molecule has 1 fully saturated rings. The van der Waals surface area contributed by atoms with Crippen LogP contribution >= 0.6 is 11.8 Å². The fourth-order valence-electron chi connectivity index (χ4n) is 2.44. The van der Waals surface area contributed by atoms with Crippen LogP contribution in [0.3, 0.4) is 0 Å². The third kappa shape index (κ3) is 5.91. The highest BCUT2D eigenvalue weighted by Crippen LogP contribution is 2.28. The van der Waals surface area contributed by atoms with Gasteiger partial charge in [0.25, 0.3) is 0 Å². The van der Waals surface area contributed by atoms with Crippen LogP contribution < -0.4 is 0 Å². The second-order valence-electron chi connectivity index (χ2n) is 5.89. The second kappa shape index (κ2) is 8.41. The van der Waals surface area contributed by atoms with Gasteiger partial charge in [0.05, 0.1) is 0 Å². The molecule has 0 aromatic carbocycles. The van der Waals surface area contributed by atoms with E-state index in [4.69, 9.17) is 0 Å². The third-order valence-corrected chi connectivity index (χ3v) is 5.00. The number of likely N-dealkylation sites (tertiary alicyclic amines) is 1. The van der Waals surface area contributed by atoms with Gasteiger partial charge < -0.3 is 14.9 Å². The van der Waals surface area contributed by atoms with Gasteiger partial charge >= 0.3 is 0 Å². The smallest absolute Gasteiger partial charge is 0.102 e. The number of thioether (sulfide) groups is 1. The quantitative estimate of drug-likeness (QED) is 0.568. The summed E-state index contributed by atoms with van der Waals surface area (Å²) in [7, 11) is 4.20. The second-order valence-corrected chi connectivity index (χ2v) is 7.11. The molecule has 1 heterocycles. The molecule has 18 heavy (non-hydrogen) atoms. The molecule has 0 radical (unpaired) electrons. The molecule has 1 aliphatic heterocycles. The summed E-state index contributed by atoms with van der Waals surface area (Å²) < 4.78 is 0. The predicted molar refractivity (Wildman–Crippen MR) is 81.1 cm³/mol. The van der Waals surface area contributed by atoms with Gasteiger partial charge in [-0.05, 0) is 78.5 Å². The van der Waals surface area contributed by atoms with Crippen LogP contribution in [0.1, 0.15) is 33.1 Å². The molecule has 1 aliphatic rings. The molecule has 108 valence electrons. The summed E-state index contributed by atoms with van der Waals surface area (Å²) in [4.78, 5) is 4.72. The highest BCUT2D eigenvalue weighted by Gasteiger charge is 2.26. The molecule has 3 nitrogen and oxygen atoms in total. The maximum atomic E-state index is 10.2. The SMILES string of the molecule is CC(C)N1CCC(C(O)SCCCN(C)C)CC1. The van der Waals surface area contributed by atoms with E-state index < -0.39 is 0 Å². The van der Waals surface area contributed by atoms with Crippen LogP contribution in [0, 0.1) is 5.92 Å². The number of rotatable bonds is 7. The maximum Gasteiger partial charge on any atom is 0.102 e. The summed E-state index contributed by atoms with van der Waals surface area (Å²) >= 11 is 1.74. The van der Waals surface area contributed by atoms with Crippen molar-refractivity contribution in [3.8, 4) is 0 Å². The average molecular weight is 274 g/mol. The Morgan fingerprint density at radius 2 is 1.89 bits per heavy atom. The van der Waals surface area contributed by atoms with Crippen LogP contribution in [0.15, 0.2) is 0 Å². The lowest BCUT2D eigenvalue weighted by Gasteiger charge is -2.36. The Kier molecular flexibility index (Phi) is 7.61. The van der Waals surface area contributed by atoms with Crippen LogP contribution in [-0.2, 0) is 0 Å². The Morgan fingerprint density at radius 3 is 2.39 bits per heavy atom. The highest BCUT2D eigenvalue weighted by atomic mass is 32.2. The van der Waals surface area contributed by atoms with E-state index in [9.17, 15) is 5.11 Å². The molecule has 0 spiro atoms. The number of hydrogen-bond donors (Lipinski definition) is 1. The third-order valence-electron chi connectivity index (χ3n) is 3.75. The first-order valence-electron chi connectivity index (χ1n) is 7.19. The fraction of sp³-hybridized carbons (Fsp3) is 1.00. The Balaban J connectivity index is 2.14. The minimum Gasteiger partial charge on any atom is -0.382 e. The van der Waals surface area contributed by atoms with Crippen molar-refractivity contribution >= 4 is 11.8 Å². The van der Waals surface area contributed by atoms with Gasteiger partial charge in [0.2, 0.25) is 0 Å². The van der Waals surface area contributed by atoms with Crippen LogP contribution in [0.2, 0.25) is 0 Å². The minimum atomic E-state index is -0.151. The van der Waals surface area contributed by atoms with Gasteiger partial charge in [-0.25, -0.2) is 0 Å². The largest absolute Gasteiger partial charge is 0.382 e. The number of aliphatic hydroxyl groups excluding tert-OH is 1. The Labute approximate surface area is 117 Å². The van der Waals surface area contributed by atoms with Crippen molar-refractivity contribution < 1.29 is 5.11 Å². The molecule has 0 bridgehead atoms. The molecule has 0 aromatic heterocycles. The lowest BCUT2D eigenvalue weighted by atomic mass is 9.97. The molecular formula is C14H30N2OS. The summed E-state index contributed by atoms with van der Waals surface area (Å²) in [6, 6.07) is 0.649. The monoisotopic (exact) mass is 274 g/mol. The molecule has 0 saturated carbocycles. The van der Waals surface area contributed by atoms with E-state index in [2.05, 4.69) is 37.7 Å². The zero-order chi connectivity index (χ0) is 13.5. The molecule has 1 unspecified atom stereocenters. The van der Waals surface area contributed by atoms with Crippen LogP contribution in [-0.4, -0.2) is 65.9 Å². The van der Waals surface area contributed by atoms with E-state index in [1.807, 2.05) is 0 Å². The first-order valence-corrected chi connectivity index (χ1v) is 8.24. The van der Waals surface area contributed by atoms with Crippen LogP contribution in [0.5, 0.6) is 0 Å². The van der Waals surface area contributed by atoms with Crippen molar-refractivity contribution in [3.05, 3.63) is 0 Å². The lowest BCUT2D eigenvalue weighted by Crippen LogP contribution is -2.40. The summed E-state index contributed by atoms with van der Waals surface area (Å²) in [6.45, 7) is 7.93. The van der Waals surface area contributed by atoms with Crippen molar-refractivity contribution in [2.75, 3.05) is 39.5 Å². The van der Waals surface area contributed by atoms with Gasteiger partial charge in [0.15, 0.2) is 0 Å². The summed E-state index contributed by atoms with van der Waals surface area (Å²) in [5, 5.41) is 10.2. The van der Waals surface area contributed by atoms with Gasteiger partial charge in [-0.15, -0.1) is 11.8 Å². The summed E-state index contributed by atoms with van der Waals surface area (Å²) in [5.41, 5.74) is -0.151. The van der Waals surface area contributed by atoms with E-state index in [0.29, 0.717) is 12.0 Å². The van der Waals surface area contributed by atoms with Crippen molar-refractivity contribution in [1.82, 2.24) is 9.80 Å². The van der Waals surface area contributed by atoms with Crippen molar-refractivity contribution in [1.29, 1.82) is 0 Å². The lowest BCUT2D eigenvalue weighted by molar-refractivity contribution is 0.0963. The van der Waals surface area contributed by atoms with E-state index in [1.165, 1.54) is 6.42 Å². The van der Waals surface area contributed by atoms with Gasteiger partial charge in [-0.3, -0.25) is 0 Å². The van der Waals surface area contributed by atoms with Gasteiger partial charge in [-0.1, -0.05) is 0 Å². The predicted octanol–water partition coefficient (Wildman–Crippen LogP) is 2.11.